The zero-order valence-electron chi connectivity index (χ0n) is 11.5. The van der Waals surface area contributed by atoms with Crippen molar-refractivity contribution in [3.63, 3.8) is 0 Å². The number of aromatic nitrogens is 1. The fraction of sp³-hybridized carbons (Fsp3) is 0.571. The monoisotopic (exact) mass is 249 g/mol. The summed E-state index contributed by atoms with van der Waals surface area (Å²) in [4.78, 5) is 15.8. The number of carbonyl (C=O) groups excluding carboxylic acids is 1. The minimum absolute atomic E-state index is 0.0602. The summed E-state index contributed by atoms with van der Waals surface area (Å²) in [6, 6.07) is 1.80. The Labute approximate surface area is 109 Å². The van der Waals surface area contributed by atoms with Crippen LogP contribution in [0.5, 0.6) is 0 Å². The molecule has 1 amide bonds. The van der Waals surface area contributed by atoms with Crippen molar-refractivity contribution < 1.29 is 4.79 Å². The second-order valence-electron chi connectivity index (χ2n) is 4.55. The van der Waals surface area contributed by atoms with Crippen LogP contribution in [0.4, 0.5) is 0 Å². The van der Waals surface area contributed by atoms with E-state index in [2.05, 4.69) is 22.5 Å². The summed E-state index contributed by atoms with van der Waals surface area (Å²) in [7, 11) is 0. The van der Waals surface area contributed by atoms with Gasteiger partial charge in [-0.25, -0.2) is 0 Å². The Morgan fingerprint density at radius 1 is 1.50 bits per heavy atom. The minimum Gasteiger partial charge on any atom is -0.355 e. The number of nitrogens with zero attached hydrogens (tertiary/aromatic N) is 1. The lowest BCUT2D eigenvalue weighted by atomic mass is 10.1. The lowest BCUT2D eigenvalue weighted by molar-refractivity contribution is -0.122. The van der Waals surface area contributed by atoms with E-state index in [1.807, 2.05) is 26.1 Å². The van der Waals surface area contributed by atoms with Gasteiger partial charge in [0.05, 0.1) is 6.04 Å². The van der Waals surface area contributed by atoms with Gasteiger partial charge >= 0.3 is 0 Å². The first-order valence-electron chi connectivity index (χ1n) is 6.55. The van der Waals surface area contributed by atoms with Crippen molar-refractivity contribution in [2.75, 3.05) is 6.54 Å². The van der Waals surface area contributed by atoms with E-state index in [4.69, 9.17) is 0 Å². The van der Waals surface area contributed by atoms with Crippen LogP contribution in [0.2, 0.25) is 0 Å². The fourth-order valence-corrected chi connectivity index (χ4v) is 1.58. The summed E-state index contributed by atoms with van der Waals surface area (Å²) in [6.07, 6.45) is 5.74. The highest BCUT2D eigenvalue weighted by atomic mass is 16.2. The summed E-state index contributed by atoms with van der Waals surface area (Å²) in [6.45, 7) is 7.46. The second kappa shape index (κ2) is 7.82. The Kier molecular flexibility index (Phi) is 6.36. The van der Waals surface area contributed by atoms with Crippen LogP contribution in [0, 0.1) is 6.92 Å². The molecule has 0 saturated heterocycles. The Balaban J connectivity index is 2.34. The number of hydrogen-bond donors (Lipinski definition) is 2. The highest BCUT2D eigenvalue weighted by molar-refractivity contribution is 5.81. The van der Waals surface area contributed by atoms with E-state index in [1.165, 1.54) is 5.56 Å². The topological polar surface area (TPSA) is 54.0 Å². The van der Waals surface area contributed by atoms with Crippen LogP contribution < -0.4 is 10.6 Å². The van der Waals surface area contributed by atoms with Crippen LogP contribution in [0.15, 0.2) is 18.5 Å². The molecule has 0 aliphatic carbocycles. The van der Waals surface area contributed by atoms with Crippen molar-refractivity contribution in [2.45, 2.75) is 46.2 Å². The number of hydrogen-bond acceptors (Lipinski definition) is 3. The smallest absolute Gasteiger partial charge is 0.236 e. The molecule has 18 heavy (non-hydrogen) atoms. The molecule has 1 heterocycles. The minimum atomic E-state index is -0.179. The molecule has 0 radical (unpaired) electrons. The molecular formula is C14H23N3O. The van der Waals surface area contributed by atoms with Crippen molar-refractivity contribution >= 4 is 5.91 Å². The largest absolute Gasteiger partial charge is 0.355 e. The Bertz CT molecular complexity index is 379. The van der Waals surface area contributed by atoms with Crippen molar-refractivity contribution in [3.05, 3.63) is 29.6 Å². The maximum absolute atomic E-state index is 11.7. The van der Waals surface area contributed by atoms with E-state index >= 15 is 0 Å². The number of carbonyl (C=O) groups is 1. The molecule has 1 atom stereocenters. The number of amides is 1. The third-order valence-electron chi connectivity index (χ3n) is 2.97. The van der Waals surface area contributed by atoms with Gasteiger partial charge in [0.15, 0.2) is 0 Å². The van der Waals surface area contributed by atoms with Gasteiger partial charge in [0.1, 0.15) is 0 Å². The van der Waals surface area contributed by atoms with Crippen molar-refractivity contribution in [1.29, 1.82) is 0 Å². The molecule has 1 aromatic rings. The molecule has 0 fully saturated rings. The zero-order valence-corrected chi connectivity index (χ0v) is 11.5. The van der Waals surface area contributed by atoms with E-state index in [0.717, 1.165) is 24.9 Å². The summed E-state index contributed by atoms with van der Waals surface area (Å²) in [5, 5.41) is 6.13. The molecule has 0 saturated carbocycles. The molecule has 0 spiro atoms. The number of unbranched alkanes of at least 4 members (excludes halogenated alkanes) is 1. The average Bonchev–Trinajstić information content (AvgIpc) is 2.37. The third-order valence-corrected chi connectivity index (χ3v) is 2.97. The molecule has 1 aromatic heterocycles. The summed E-state index contributed by atoms with van der Waals surface area (Å²) in [5.41, 5.74) is 2.32. The van der Waals surface area contributed by atoms with Gasteiger partial charge in [-0.1, -0.05) is 13.3 Å². The van der Waals surface area contributed by atoms with Gasteiger partial charge in [-0.15, -0.1) is 0 Å². The Morgan fingerprint density at radius 2 is 2.28 bits per heavy atom. The first-order chi connectivity index (χ1) is 8.65. The fourth-order valence-electron chi connectivity index (χ4n) is 1.58. The standard InChI is InChI=1S/C14H23N3O/c1-4-5-7-16-14(18)12(3)17-10-13-9-15-8-6-11(13)2/h6,8-9,12,17H,4-5,7,10H2,1-3H3,(H,16,18). The summed E-state index contributed by atoms with van der Waals surface area (Å²) in [5.74, 6) is 0.0602. The van der Waals surface area contributed by atoms with Crippen LogP contribution in [0.3, 0.4) is 0 Å². The summed E-state index contributed by atoms with van der Waals surface area (Å²) >= 11 is 0. The SMILES string of the molecule is CCCCNC(=O)C(C)NCc1cnccc1C. The Morgan fingerprint density at radius 3 is 2.94 bits per heavy atom. The van der Waals surface area contributed by atoms with E-state index in [0.29, 0.717) is 6.54 Å². The number of aryl methyl sites for hydroxylation is 1. The van der Waals surface area contributed by atoms with Crippen molar-refractivity contribution in [2.24, 2.45) is 0 Å². The molecule has 1 unspecified atom stereocenters. The maximum atomic E-state index is 11.7. The van der Waals surface area contributed by atoms with Crippen molar-refractivity contribution in [1.82, 2.24) is 15.6 Å². The average molecular weight is 249 g/mol. The quantitative estimate of drug-likeness (QED) is 0.724. The molecule has 100 valence electrons. The van der Waals surface area contributed by atoms with E-state index in [9.17, 15) is 4.79 Å². The van der Waals surface area contributed by atoms with Crippen molar-refractivity contribution in [3.8, 4) is 0 Å². The third kappa shape index (κ3) is 4.84. The molecule has 4 nitrogen and oxygen atoms in total. The molecule has 2 N–H and O–H groups in total. The molecule has 0 aromatic carbocycles. The van der Waals surface area contributed by atoms with E-state index in [-0.39, 0.29) is 11.9 Å². The van der Waals surface area contributed by atoms with Gasteiger partial charge in [0.25, 0.3) is 0 Å². The van der Waals surface area contributed by atoms with Crippen LogP contribution in [0.1, 0.15) is 37.8 Å². The molecule has 1 rings (SSSR count). The van der Waals surface area contributed by atoms with Crippen LogP contribution in [-0.2, 0) is 11.3 Å². The lowest BCUT2D eigenvalue weighted by Crippen LogP contribution is -2.42. The predicted molar refractivity (Wildman–Crippen MR) is 73.2 cm³/mol. The van der Waals surface area contributed by atoms with Crippen LogP contribution >= 0.6 is 0 Å². The van der Waals surface area contributed by atoms with Crippen LogP contribution in [0.25, 0.3) is 0 Å². The normalized spacial score (nSPS) is 12.2. The van der Waals surface area contributed by atoms with Gasteiger partial charge in [-0.05, 0) is 37.5 Å². The second-order valence-corrected chi connectivity index (χ2v) is 4.55. The van der Waals surface area contributed by atoms with E-state index < -0.39 is 0 Å². The first-order valence-corrected chi connectivity index (χ1v) is 6.55. The van der Waals surface area contributed by atoms with Gasteiger partial charge < -0.3 is 10.6 Å². The predicted octanol–water partition coefficient (Wildman–Crippen LogP) is 1.78. The summed E-state index contributed by atoms with van der Waals surface area (Å²) < 4.78 is 0. The molecule has 0 aliphatic rings. The number of nitrogens with one attached hydrogen (secondary N) is 2. The number of rotatable bonds is 7. The zero-order chi connectivity index (χ0) is 13.4. The maximum Gasteiger partial charge on any atom is 0.236 e. The lowest BCUT2D eigenvalue weighted by Gasteiger charge is -2.14. The van der Waals surface area contributed by atoms with Gasteiger partial charge in [-0.3, -0.25) is 9.78 Å². The molecule has 0 bridgehead atoms. The Hall–Kier alpha value is -1.42. The van der Waals surface area contributed by atoms with Crippen LogP contribution in [-0.4, -0.2) is 23.5 Å². The van der Waals surface area contributed by atoms with Gasteiger partial charge in [0.2, 0.25) is 5.91 Å². The highest BCUT2D eigenvalue weighted by Crippen LogP contribution is 2.04. The van der Waals surface area contributed by atoms with Gasteiger partial charge in [-0.2, -0.15) is 0 Å². The molecule has 4 heteroatoms. The molecule has 0 aliphatic heterocycles. The van der Waals surface area contributed by atoms with Gasteiger partial charge in [0, 0.05) is 25.5 Å². The number of pyridine rings is 1. The highest BCUT2D eigenvalue weighted by Gasteiger charge is 2.11. The first kappa shape index (κ1) is 14.6. The van der Waals surface area contributed by atoms with E-state index in [1.54, 1.807) is 6.20 Å². The molecular weight excluding hydrogens is 226 g/mol.